The third-order valence-corrected chi connectivity index (χ3v) is 6.48. The van der Waals surface area contributed by atoms with Gasteiger partial charge in [-0.1, -0.05) is 18.2 Å². The number of benzene rings is 1. The molecule has 0 aliphatic heterocycles. The molecule has 0 saturated carbocycles. The van der Waals surface area contributed by atoms with E-state index in [1.165, 1.54) is 19.2 Å². The monoisotopic (exact) mass is 640 g/mol. The highest BCUT2D eigenvalue weighted by atomic mass is 32.2. The molecule has 43 heavy (non-hydrogen) atoms. The predicted molar refractivity (Wildman–Crippen MR) is 154 cm³/mol. The summed E-state index contributed by atoms with van der Waals surface area (Å²) in [7, 11) is -2.41. The van der Waals surface area contributed by atoms with Crippen molar-refractivity contribution in [2.24, 2.45) is 0 Å². The standard InChI is InChI=1S/C28H48O14S/c1-32-28(29)7-8-33-9-10-34-11-12-35-13-14-36-15-16-37-17-18-38-19-20-39-21-22-40-23-24-41-25-26-42-43(30,31)27-5-3-2-4-6-27/h2-6H,7-26H2,1H3. The molecule has 250 valence electrons. The summed E-state index contributed by atoms with van der Waals surface area (Å²) in [6.45, 7) is 7.46. The lowest BCUT2D eigenvalue weighted by Crippen LogP contribution is -2.15. The second kappa shape index (κ2) is 29.0. The molecule has 1 aromatic carbocycles. The Kier molecular flexibility index (Phi) is 26.5. The highest BCUT2D eigenvalue weighted by molar-refractivity contribution is 7.86. The second-order valence-electron chi connectivity index (χ2n) is 8.43. The van der Waals surface area contributed by atoms with Crippen LogP contribution in [0.3, 0.4) is 0 Å². The summed E-state index contributed by atoms with van der Waals surface area (Å²) in [5.41, 5.74) is 0. The Bertz CT molecular complexity index is 856. The lowest BCUT2D eigenvalue weighted by molar-refractivity contribution is -0.141. The number of carbonyl (C=O) groups excluding carboxylic acids is 1. The minimum Gasteiger partial charge on any atom is -0.469 e. The van der Waals surface area contributed by atoms with E-state index in [9.17, 15) is 13.2 Å². The first kappa shape index (κ1) is 39.3. The molecule has 0 N–H and O–H groups in total. The molecule has 1 rings (SSSR count). The summed E-state index contributed by atoms with van der Waals surface area (Å²) < 4.78 is 81.8. The van der Waals surface area contributed by atoms with Gasteiger partial charge in [0, 0.05) is 0 Å². The lowest BCUT2D eigenvalue weighted by atomic mass is 10.4. The summed E-state index contributed by atoms with van der Waals surface area (Å²) in [5.74, 6) is -0.293. The Balaban J connectivity index is 1.68. The molecular formula is C28H48O14S. The van der Waals surface area contributed by atoms with Gasteiger partial charge in [0.2, 0.25) is 0 Å². The van der Waals surface area contributed by atoms with Gasteiger partial charge in [-0.05, 0) is 12.1 Å². The van der Waals surface area contributed by atoms with Gasteiger partial charge >= 0.3 is 5.97 Å². The Labute approximate surface area is 255 Å². The van der Waals surface area contributed by atoms with Gasteiger partial charge in [0.15, 0.2) is 0 Å². The van der Waals surface area contributed by atoms with Crippen LogP contribution in [0.1, 0.15) is 6.42 Å². The van der Waals surface area contributed by atoms with E-state index in [2.05, 4.69) is 4.74 Å². The summed E-state index contributed by atoms with van der Waals surface area (Å²) in [5, 5.41) is 0. The molecule has 0 aliphatic carbocycles. The number of ether oxygens (including phenoxy) is 10. The first-order valence-corrected chi connectivity index (χ1v) is 15.7. The molecule has 1 aromatic rings. The Morgan fingerprint density at radius 3 is 1.12 bits per heavy atom. The van der Waals surface area contributed by atoms with Crippen molar-refractivity contribution in [1.82, 2.24) is 0 Å². The van der Waals surface area contributed by atoms with E-state index in [0.717, 1.165) is 0 Å². The molecule has 0 heterocycles. The van der Waals surface area contributed by atoms with Gasteiger partial charge in [-0.25, -0.2) is 0 Å². The average molecular weight is 641 g/mol. The summed E-state index contributed by atoms with van der Waals surface area (Å²) in [6, 6.07) is 7.96. The SMILES string of the molecule is COC(=O)CCOCCOCCOCCOCCOCCOCCOCCOCCOCCOS(=O)(=O)c1ccccc1. The molecule has 0 radical (unpaired) electrons. The summed E-state index contributed by atoms with van der Waals surface area (Å²) >= 11 is 0. The van der Waals surface area contributed by atoms with Gasteiger partial charge in [0.1, 0.15) is 0 Å². The van der Waals surface area contributed by atoms with Crippen LogP contribution in [0.2, 0.25) is 0 Å². The number of hydrogen-bond acceptors (Lipinski definition) is 14. The van der Waals surface area contributed by atoms with E-state index in [4.69, 9.17) is 46.8 Å². The van der Waals surface area contributed by atoms with E-state index < -0.39 is 10.1 Å². The minimum atomic E-state index is -3.76. The maximum Gasteiger partial charge on any atom is 0.307 e. The molecule has 0 amide bonds. The largest absolute Gasteiger partial charge is 0.469 e. The molecule has 0 bridgehead atoms. The normalized spacial score (nSPS) is 11.7. The number of esters is 1. The van der Waals surface area contributed by atoms with Crippen LogP contribution in [0.15, 0.2) is 35.2 Å². The molecule has 0 aromatic heterocycles. The van der Waals surface area contributed by atoms with Crippen LogP contribution >= 0.6 is 0 Å². The third kappa shape index (κ3) is 25.3. The molecule has 0 saturated heterocycles. The third-order valence-electron chi connectivity index (χ3n) is 5.15. The van der Waals surface area contributed by atoms with Gasteiger partial charge < -0.3 is 47.4 Å². The van der Waals surface area contributed by atoms with Crippen LogP contribution in [-0.4, -0.2) is 147 Å². The fourth-order valence-electron chi connectivity index (χ4n) is 2.98. The summed E-state index contributed by atoms with van der Waals surface area (Å²) in [4.78, 5) is 11.0. The van der Waals surface area contributed by atoms with Gasteiger partial charge in [0.05, 0.1) is 144 Å². The topological polar surface area (TPSA) is 153 Å². The van der Waals surface area contributed by atoms with Gasteiger partial charge in [0.25, 0.3) is 10.1 Å². The van der Waals surface area contributed by atoms with Crippen molar-refractivity contribution in [3.63, 3.8) is 0 Å². The fourth-order valence-corrected chi connectivity index (χ4v) is 3.89. The lowest BCUT2D eigenvalue weighted by Gasteiger charge is -2.09. The fraction of sp³-hybridized carbons (Fsp3) is 0.750. The number of hydrogen-bond donors (Lipinski definition) is 0. The zero-order valence-electron chi connectivity index (χ0n) is 25.2. The Hall–Kier alpha value is -1.76. The Morgan fingerprint density at radius 2 is 0.791 bits per heavy atom. The van der Waals surface area contributed by atoms with Gasteiger partial charge in [-0.3, -0.25) is 8.98 Å². The van der Waals surface area contributed by atoms with Crippen molar-refractivity contribution in [2.45, 2.75) is 11.3 Å². The van der Waals surface area contributed by atoms with Crippen molar-refractivity contribution in [2.75, 3.05) is 133 Å². The quantitative estimate of drug-likeness (QED) is 0.0628. The van der Waals surface area contributed by atoms with Crippen molar-refractivity contribution < 1.29 is 64.8 Å². The highest BCUT2D eigenvalue weighted by Crippen LogP contribution is 2.10. The second-order valence-corrected chi connectivity index (χ2v) is 10.0. The van der Waals surface area contributed by atoms with Crippen LogP contribution in [0.25, 0.3) is 0 Å². The van der Waals surface area contributed by atoms with Crippen molar-refractivity contribution in [1.29, 1.82) is 0 Å². The maximum atomic E-state index is 11.9. The summed E-state index contributed by atoms with van der Waals surface area (Å²) in [6.07, 6.45) is 0.237. The van der Waals surface area contributed by atoms with Crippen molar-refractivity contribution >= 4 is 16.1 Å². The first-order valence-electron chi connectivity index (χ1n) is 14.3. The van der Waals surface area contributed by atoms with E-state index in [0.29, 0.717) is 112 Å². The molecule has 14 nitrogen and oxygen atoms in total. The van der Waals surface area contributed by atoms with Crippen LogP contribution in [-0.2, 0) is 66.5 Å². The van der Waals surface area contributed by atoms with E-state index in [-0.39, 0.29) is 30.5 Å². The average Bonchev–Trinajstić information content (AvgIpc) is 3.02. The van der Waals surface area contributed by atoms with Crippen molar-refractivity contribution in [3.8, 4) is 0 Å². The molecule has 15 heteroatoms. The van der Waals surface area contributed by atoms with E-state index in [1.54, 1.807) is 18.2 Å². The van der Waals surface area contributed by atoms with Gasteiger partial charge in [-0.15, -0.1) is 0 Å². The number of rotatable bonds is 32. The zero-order valence-corrected chi connectivity index (χ0v) is 26.0. The smallest absolute Gasteiger partial charge is 0.307 e. The minimum absolute atomic E-state index is 0.0617. The number of methoxy groups -OCH3 is 1. The Morgan fingerprint density at radius 1 is 0.488 bits per heavy atom. The maximum absolute atomic E-state index is 11.9. The molecule has 0 aliphatic rings. The molecular weight excluding hydrogens is 592 g/mol. The molecule has 0 spiro atoms. The van der Waals surface area contributed by atoms with E-state index in [1.807, 2.05) is 0 Å². The number of carbonyl (C=O) groups is 1. The van der Waals surface area contributed by atoms with Crippen LogP contribution in [0, 0.1) is 0 Å². The van der Waals surface area contributed by atoms with Crippen LogP contribution in [0.4, 0.5) is 0 Å². The zero-order chi connectivity index (χ0) is 31.1. The van der Waals surface area contributed by atoms with Crippen LogP contribution < -0.4 is 0 Å². The highest BCUT2D eigenvalue weighted by Gasteiger charge is 2.13. The molecule has 0 atom stereocenters. The predicted octanol–water partition coefficient (Wildman–Crippen LogP) is 1.10. The first-order chi connectivity index (χ1) is 21.1. The molecule has 0 unspecified atom stereocenters. The van der Waals surface area contributed by atoms with E-state index >= 15 is 0 Å². The van der Waals surface area contributed by atoms with Crippen molar-refractivity contribution in [3.05, 3.63) is 30.3 Å². The molecule has 0 fully saturated rings. The van der Waals surface area contributed by atoms with Gasteiger partial charge in [-0.2, -0.15) is 8.42 Å². The van der Waals surface area contributed by atoms with Crippen LogP contribution in [0.5, 0.6) is 0 Å².